The molecule has 0 radical (unpaired) electrons. The summed E-state index contributed by atoms with van der Waals surface area (Å²) in [6.45, 7) is -0.0252. The fraction of sp³-hybridized carbons (Fsp3) is 0.296. The topological polar surface area (TPSA) is 104 Å². The van der Waals surface area contributed by atoms with Crippen LogP contribution < -0.4 is 4.74 Å². The summed E-state index contributed by atoms with van der Waals surface area (Å²) in [6.07, 6.45) is 4.04. The number of hydrogen-bond acceptors (Lipinski definition) is 6. The van der Waals surface area contributed by atoms with Gasteiger partial charge in [0.05, 0.1) is 10.9 Å². The molecule has 3 aromatic carbocycles. The van der Waals surface area contributed by atoms with E-state index in [1.54, 1.807) is 55.6 Å². The minimum atomic E-state index is -3.74. The van der Waals surface area contributed by atoms with Crippen LogP contribution in [0.3, 0.4) is 0 Å². The van der Waals surface area contributed by atoms with Crippen molar-refractivity contribution in [1.29, 1.82) is 0 Å². The number of ether oxygens (including phenoxy) is 1. The number of nitrogens with zero attached hydrogens (tertiary/aromatic N) is 1. The van der Waals surface area contributed by atoms with Gasteiger partial charge in [-0.2, -0.15) is 4.31 Å². The van der Waals surface area contributed by atoms with Crippen molar-refractivity contribution in [3.05, 3.63) is 77.9 Å². The number of sulfonamides is 1. The first-order valence-electron chi connectivity index (χ1n) is 11.4. The Labute approximate surface area is 206 Å². The van der Waals surface area contributed by atoms with Crippen molar-refractivity contribution >= 4 is 16.3 Å². The number of carbonyl (C=O) groups excluding carboxylic acids is 1. The van der Waals surface area contributed by atoms with Crippen LogP contribution in [0.1, 0.15) is 36.4 Å². The molecule has 0 saturated heterocycles. The Morgan fingerprint density at radius 2 is 1.60 bits per heavy atom. The number of fused-ring (bicyclic) bond motifs is 1. The van der Waals surface area contributed by atoms with Gasteiger partial charge in [-0.25, -0.2) is 8.42 Å². The minimum Gasteiger partial charge on any atom is -0.508 e. The highest BCUT2D eigenvalue weighted by Gasteiger charge is 2.32. The minimum absolute atomic E-state index is 0.0252. The Hall–Kier alpha value is -3.20. The van der Waals surface area contributed by atoms with Crippen LogP contribution in [-0.4, -0.2) is 50.0 Å². The Morgan fingerprint density at radius 3 is 2.23 bits per heavy atom. The highest BCUT2D eigenvalue weighted by Crippen LogP contribution is 2.39. The summed E-state index contributed by atoms with van der Waals surface area (Å²) in [6, 6.07) is 18.9. The molecule has 1 unspecified atom stereocenters. The molecule has 35 heavy (non-hydrogen) atoms. The van der Waals surface area contributed by atoms with Gasteiger partial charge in [-0.05, 0) is 71.8 Å². The van der Waals surface area contributed by atoms with E-state index in [2.05, 4.69) is 0 Å². The van der Waals surface area contributed by atoms with Crippen molar-refractivity contribution in [3.63, 3.8) is 0 Å². The third-order valence-corrected chi connectivity index (χ3v) is 8.04. The number of phenolic OH excluding ortho intramolecular Hbond substituents is 1. The van der Waals surface area contributed by atoms with Crippen LogP contribution in [0, 0.1) is 0 Å². The fourth-order valence-electron chi connectivity index (χ4n) is 4.40. The third kappa shape index (κ3) is 5.90. The van der Waals surface area contributed by atoms with Crippen molar-refractivity contribution in [1.82, 2.24) is 4.31 Å². The average Bonchev–Trinajstić information content (AvgIpc) is 3.11. The molecule has 1 aliphatic carbocycles. The molecular formula is C27H31NO6S. The summed E-state index contributed by atoms with van der Waals surface area (Å²) in [5, 5.41) is 16.5. The van der Waals surface area contributed by atoms with Crippen LogP contribution in [0.4, 0.5) is 0 Å². The monoisotopic (exact) mass is 497 g/mol. The molecule has 0 aromatic heterocycles. The zero-order valence-electron chi connectivity index (χ0n) is 19.9. The standard InChI is InChI=1S/C26H27NO5S.CH4O/c1-27(25-7-3-2-5-24-23(25)6-4-8-26(24)32-18-17-28)33(30,31)22-15-11-20(12-16-22)19-9-13-21(29)14-10-19;1-2/h4,6,8-17,25,29H,2-3,5,7,18H2,1H3;2H,1H3. The van der Waals surface area contributed by atoms with Crippen molar-refractivity contribution in [2.24, 2.45) is 0 Å². The van der Waals surface area contributed by atoms with E-state index in [1.807, 2.05) is 18.2 Å². The van der Waals surface area contributed by atoms with Gasteiger partial charge in [0.2, 0.25) is 10.0 Å². The molecule has 0 bridgehead atoms. The van der Waals surface area contributed by atoms with E-state index in [9.17, 15) is 18.3 Å². The average molecular weight is 498 g/mol. The number of aliphatic hydroxyl groups is 1. The zero-order valence-corrected chi connectivity index (χ0v) is 20.7. The lowest BCUT2D eigenvalue weighted by Gasteiger charge is -2.28. The highest BCUT2D eigenvalue weighted by atomic mass is 32.2. The number of carbonyl (C=O) groups is 1. The van der Waals surface area contributed by atoms with Crippen LogP contribution in [0.5, 0.6) is 11.5 Å². The summed E-state index contributed by atoms with van der Waals surface area (Å²) >= 11 is 0. The maximum atomic E-state index is 13.5. The van der Waals surface area contributed by atoms with Gasteiger partial charge >= 0.3 is 0 Å². The van der Waals surface area contributed by atoms with Gasteiger partial charge < -0.3 is 14.9 Å². The molecule has 8 heteroatoms. The predicted octanol–water partition coefficient (Wildman–Crippen LogP) is 4.33. The van der Waals surface area contributed by atoms with Gasteiger partial charge in [-0.15, -0.1) is 0 Å². The molecule has 0 amide bonds. The lowest BCUT2D eigenvalue weighted by Crippen LogP contribution is -2.31. The number of benzene rings is 3. The van der Waals surface area contributed by atoms with Crippen LogP contribution in [0.25, 0.3) is 11.1 Å². The Morgan fingerprint density at radius 1 is 0.971 bits per heavy atom. The van der Waals surface area contributed by atoms with Gasteiger partial charge in [0.15, 0.2) is 6.29 Å². The molecule has 0 aliphatic heterocycles. The molecule has 1 aliphatic rings. The molecule has 0 fully saturated rings. The van der Waals surface area contributed by atoms with Gasteiger partial charge in [-0.1, -0.05) is 42.8 Å². The van der Waals surface area contributed by atoms with Gasteiger partial charge in [0, 0.05) is 14.2 Å². The van der Waals surface area contributed by atoms with E-state index in [1.165, 1.54) is 4.31 Å². The lowest BCUT2D eigenvalue weighted by atomic mass is 9.98. The molecule has 1 atom stereocenters. The number of phenols is 1. The first-order valence-corrected chi connectivity index (χ1v) is 12.9. The summed E-state index contributed by atoms with van der Waals surface area (Å²) in [4.78, 5) is 11.0. The Bertz CT molecular complexity index is 1220. The summed E-state index contributed by atoms with van der Waals surface area (Å²) < 4.78 is 34.1. The Kier molecular flexibility index (Phi) is 9.03. The van der Waals surface area contributed by atoms with Crippen LogP contribution >= 0.6 is 0 Å². The van der Waals surface area contributed by atoms with Crippen molar-refractivity contribution in [3.8, 4) is 22.6 Å². The quantitative estimate of drug-likeness (QED) is 0.372. The molecule has 3 aromatic rings. The lowest BCUT2D eigenvalue weighted by molar-refractivity contribution is -0.109. The number of aliphatic hydroxyl groups excluding tert-OH is 1. The Balaban J connectivity index is 0.00000167. The van der Waals surface area contributed by atoms with Crippen molar-refractivity contribution < 1.29 is 28.2 Å². The molecule has 0 spiro atoms. The highest BCUT2D eigenvalue weighted by molar-refractivity contribution is 7.89. The molecule has 0 saturated carbocycles. The normalized spacial score (nSPS) is 15.4. The second-order valence-corrected chi connectivity index (χ2v) is 10.2. The summed E-state index contributed by atoms with van der Waals surface area (Å²) in [5.74, 6) is 0.832. The van der Waals surface area contributed by atoms with Crippen LogP contribution in [0.15, 0.2) is 71.6 Å². The second kappa shape index (κ2) is 12.0. The second-order valence-electron chi connectivity index (χ2n) is 8.16. The first-order chi connectivity index (χ1) is 16.9. The van der Waals surface area contributed by atoms with Crippen molar-refractivity contribution in [2.75, 3.05) is 20.8 Å². The molecule has 0 heterocycles. The smallest absolute Gasteiger partial charge is 0.243 e. The van der Waals surface area contributed by atoms with Gasteiger partial charge in [0.1, 0.15) is 18.1 Å². The number of aromatic hydroxyl groups is 1. The SMILES string of the molecule is CN(C1CCCCc2c(OCC=O)cccc21)S(=O)(=O)c1ccc(-c2ccc(O)cc2)cc1.CO. The maximum absolute atomic E-state index is 13.5. The molecule has 4 rings (SSSR count). The molecule has 7 nitrogen and oxygen atoms in total. The van der Waals surface area contributed by atoms with E-state index >= 15 is 0 Å². The molecule has 186 valence electrons. The van der Waals surface area contributed by atoms with E-state index in [0.717, 1.165) is 48.6 Å². The van der Waals surface area contributed by atoms with Gasteiger partial charge in [0.25, 0.3) is 0 Å². The molecular weight excluding hydrogens is 466 g/mol. The van der Waals surface area contributed by atoms with Crippen LogP contribution in [0.2, 0.25) is 0 Å². The predicted molar refractivity (Wildman–Crippen MR) is 135 cm³/mol. The van der Waals surface area contributed by atoms with E-state index in [4.69, 9.17) is 9.84 Å². The summed E-state index contributed by atoms with van der Waals surface area (Å²) in [5.41, 5.74) is 3.67. The van der Waals surface area contributed by atoms with Gasteiger partial charge in [-0.3, -0.25) is 4.79 Å². The number of hydrogen-bond donors (Lipinski definition) is 2. The fourth-order valence-corrected chi connectivity index (χ4v) is 5.77. The molecule has 2 N–H and O–H groups in total. The largest absolute Gasteiger partial charge is 0.508 e. The summed E-state index contributed by atoms with van der Waals surface area (Å²) in [7, 11) is -1.11. The first kappa shape index (κ1) is 26.4. The zero-order chi connectivity index (χ0) is 25.4. The van der Waals surface area contributed by atoms with Crippen LogP contribution in [-0.2, 0) is 21.2 Å². The van der Waals surface area contributed by atoms with E-state index < -0.39 is 10.0 Å². The van der Waals surface area contributed by atoms with Crippen molar-refractivity contribution in [2.45, 2.75) is 36.6 Å². The van der Waals surface area contributed by atoms with E-state index in [0.29, 0.717) is 18.5 Å². The van der Waals surface area contributed by atoms with E-state index in [-0.39, 0.29) is 23.3 Å². The number of rotatable bonds is 7. The third-order valence-electron chi connectivity index (χ3n) is 6.16. The number of aldehydes is 1. The maximum Gasteiger partial charge on any atom is 0.243 e.